The van der Waals surface area contributed by atoms with E-state index in [9.17, 15) is 0 Å². The lowest BCUT2D eigenvalue weighted by atomic mass is 10.0. The summed E-state index contributed by atoms with van der Waals surface area (Å²) in [6.07, 6.45) is 1.76. The Bertz CT molecular complexity index is 610. The summed E-state index contributed by atoms with van der Waals surface area (Å²) in [4.78, 5) is 0. The Morgan fingerprint density at radius 1 is 1.29 bits per heavy atom. The third kappa shape index (κ3) is 3.01. The van der Waals surface area contributed by atoms with Gasteiger partial charge in [-0.25, -0.2) is 0 Å². The van der Waals surface area contributed by atoms with Crippen molar-refractivity contribution in [2.45, 2.75) is 53.1 Å². The van der Waals surface area contributed by atoms with E-state index in [1.807, 2.05) is 18.7 Å². The molecule has 116 valence electrons. The predicted octanol–water partition coefficient (Wildman–Crippen LogP) is 1.56. The molecule has 0 aromatic carbocycles. The SMILES string of the molecule is CCc1cc(CC(NN)c2c(C)nn(C)c2C)n(CC)n1. The molecule has 2 aromatic rings. The fraction of sp³-hybridized carbons (Fsp3) is 0.600. The molecule has 21 heavy (non-hydrogen) atoms. The van der Waals surface area contributed by atoms with E-state index in [-0.39, 0.29) is 6.04 Å². The van der Waals surface area contributed by atoms with Crippen LogP contribution in [0.25, 0.3) is 0 Å². The number of aryl methyl sites for hydroxylation is 4. The average Bonchev–Trinajstić information content (AvgIpc) is 2.98. The van der Waals surface area contributed by atoms with Crippen LogP contribution in [0.15, 0.2) is 6.07 Å². The Morgan fingerprint density at radius 2 is 2.00 bits per heavy atom. The lowest BCUT2D eigenvalue weighted by Gasteiger charge is -2.17. The van der Waals surface area contributed by atoms with Gasteiger partial charge < -0.3 is 0 Å². The van der Waals surface area contributed by atoms with E-state index in [1.165, 1.54) is 11.3 Å². The molecule has 0 radical (unpaired) electrons. The molecule has 3 N–H and O–H groups in total. The third-order valence-corrected chi connectivity index (χ3v) is 4.10. The van der Waals surface area contributed by atoms with Gasteiger partial charge in [0.05, 0.1) is 17.4 Å². The molecule has 2 heterocycles. The molecular weight excluding hydrogens is 264 g/mol. The van der Waals surface area contributed by atoms with Gasteiger partial charge in [-0.1, -0.05) is 6.92 Å². The Hall–Kier alpha value is -1.66. The number of nitrogens with one attached hydrogen (secondary N) is 1. The number of hydrogen-bond donors (Lipinski definition) is 2. The van der Waals surface area contributed by atoms with Gasteiger partial charge in [0.1, 0.15) is 0 Å². The molecule has 0 bridgehead atoms. The van der Waals surface area contributed by atoms with E-state index < -0.39 is 0 Å². The minimum Gasteiger partial charge on any atom is -0.272 e. The normalized spacial score (nSPS) is 12.9. The van der Waals surface area contributed by atoms with Crippen LogP contribution in [-0.2, 0) is 26.4 Å². The minimum absolute atomic E-state index is 0.0467. The summed E-state index contributed by atoms with van der Waals surface area (Å²) in [6, 6.07) is 2.22. The van der Waals surface area contributed by atoms with Crippen molar-refractivity contribution in [3.05, 3.63) is 34.4 Å². The summed E-state index contributed by atoms with van der Waals surface area (Å²) in [5, 5.41) is 9.09. The molecule has 2 rings (SSSR count). The summed E-state index contributed by atoms with van der Waals surface area (Å²) in [5.74, 6) is 5.81. The van der Waals surface area contributed by atoms with Gasteiger partial charge in [-0.3, -0.25) is 20.6 Å². The highest BCUT2D eigenvalue weighted by Gasteiger charge is 2.21. The van der Waals surface area contributed by atoms with Gasteiger partial charge in [-0.15, -0.1) is 0 Å². The molecule has 6 heteroatoms. The van der Waals surface area contributed by atoms with Crippen LogP contribution in [0.2, 0.25) is 0 Å². The van der Waals surface area contributed by atoms with Crippen molar-refractivity contribution in [1.29, 1.82) is 0 Å². The van der Waals surface area contributed by atoms with Crippen LogP contribution in [-0.4, -0.2) is 19.6 Å². The summed E-state index contributed by atoms with van der Waals surface area (Å²) in [5.41, 5.74) is 8.63. The van der Waals surface area contributed by atoms with E-state index in [0.29, 0.717) is 0 Å². The summed E-state index contributed by atoms with van der Waals surface area (Å²) >= 11 is 0. The van der Waals surface area contributed by atoms with Crippen LogP contribution >= 0.6 is 0 Å². The number of hydrazine groups is 1. The highest BCUT2D eigenvalue weighted by atomic mass is 15.3. The van der Waals surface area contributed by atoms with Gasteiger partial charge in [0.25, 0.3) is 0 Å². The molecule has 6 nitrogen and oxygen atoms in total. The van der Waals surface area contributed by atoms with Gasteiger partial charge in [-0.2, -0.15) is 10.2 Å². The molecular formula is C15H26N6. The van der Waals surface area contributed by atoms with Crippen LogP contribution in [0, 0.1) is 13.8 Å². The van der Waals surface area contributed by atoms with E-state index in [4.69, 9.17) is 5.84 Å². The molecule has 1 unspecified atom stereocenters. The predicted molar refractivity (Wildman–Crippen MR) is 83.7 cm³/mol. The van der Waals surface area contributed by atoms with Crippen molar-refractivity contribution < 1.29 is 0 Å². The highest BCUT2D eigenvalue weighted by molar-refractivity contribution is 5.29. The molecule has 1 atom stereocenters. The van der Waals surface area contributed by atoms with Crippen molar-refractivity contribution in [3.63, 3.8) is 0 Å². The van der Waals surface area contributed by atoms with E-state index in [2.05, 4.69) is 47.1 Å². The Morgan fingerprint density at radius 3 is 2.48 bits per heavy atom. The first kappa shape index (κ1) is 15.7. The quantitative estimate of drug-likeness (QED) is 0.625. The first-order chi connectivity index (χ1) is 10.0. The van der Waals surface area contributed by atoms with Crippen LogP contribution in [0.5, 0.6) is 0 Å². The maximum absolute atomic E-state index is 5.81. The smallest absolute Gasteiger partial charge is 0.0644 e. The maximum Gasteiger partial charge on any atom is 0.0644 e. The van der Waals surface area contributed by atoms with Crippen molar-refractivity contribution in [2.75, 3.05) is 0 Å². The van der Waals surface area contributed by atoms with Crippen LogP contribution in [0.3, 0.4) is 0 Å². The van der Waals surface area contributed by atoms with Gasteiger partial charge >= 0.3 is 0 Å². The van der Waals surface area contributed by atoms with Crippen molar-refractivity contribution >= 4 is 0 Å². The molecule has 0 amide bonds. The van der Waals surface area contributed by atoms with Gasteiger partial charge in [-0.05, 0) is 33.3 Å². The third-order valence-electron chi connectivity index (χ3n) is 4.10. The zero-order valence-electron chi connectivity index (χ0n) is 13.6. The Labute approximate surface area is 126 Å². The van der Waals surface area contributed by atoms with Crippen LogP contribution in [0.4, 0.5) is 0 Å². The van der Waals surface area contributed by atoms with Gasteiger partial charge in [0, 0.05) is 37.0 Å². The lowest BCUT2D eigenvalue weighted by molar-refractivity contribution is 0.512. The topological polar surface area (TPSA) is 73.7 Å². The van der Waals surface area contributed by atoms with E-state index in [1.54, 1.807) is 0 Å². The monoisotopic (exact) mass is 290 g/mol. The van der Waals surface area contributed by atoms with Crippen LogP contribution in [0.1, 0.15) is 48.2 Å². The average molecular weight is 290 g/mol. The van der Waals surface area contributed by atoms with Crippen molar-refractivity contribution in [2.24, 2.45) is 12.9 Å². The minimum atomic E-state index is 0.0467. The molecule has 0 aliphatic rings. The molecule has 0 saturated heterocycles. The molecule has 0 aliphatic heterocycles. The summed E-state index contributed by atoms with van der Waals surface area (Å²) < 4.78 is 3.97. The van der Waals surface area contributed by atoms with Crippen molar-refractivity contribution in [1.82, 2.24) is 25.0 Å². The first-order valence-corrected chi connectivity index (χ1v) is 7.53. The standard InChI is InChI=1S/C15H26N6/c1-6-12-8-13(21(7-2)19-12)9-14(17-16)15-10(3)18-20(5)11(15)4/h8,14,17H,6-7,9,16H2,1-5H3. The van der Waals surface area contributed by atoms with E-state index in [0.717, 1.165) is 36.5 Å². The number of nitrogens with zero attached hydrogens (tertiary/aromatic N) is 4. The fourth-order valence-electron chi connectivity index (χ4n) is 2.87. The molecule has 0 aliphatic carbocycles. The maximum atomic E-state index is 5.81. The van der Waals surface area contributed by atoms with Crippen molar-refractivity contribution in [3.8, 4) is 0 Å². The molecule has 0 fully saturated rings. The Kier molecular flexibility index (Phi) is 4.80. The zero-order valence-corrected chi connectivity index (χ0v) is 13.6. The fourth-order valence-corrected chi connectivity index (χ4v) is 2.87. The second-order valence-electron chi connectivity index (χ2n) is 5.43. The van der Waals surface area contributed by atoms with Crippen LogP contribution < -0.4 is 11.3 Å². The largest absolute Gasteiger partial charge is 0.272 e. The zero-order chi connectivity index (χ0) is 15.6. The number of hydrogen-bond acceptors (Lipinski definition) is 4. The second-order valence-corrected chi connectivity index (χ2v) is 5.43. The number of nitrogens with two attached hydrogens (primary N) is 1. The lowest BCUT2D eigenvalue weighted by Crippen LogP contribution is -2.31. The number of aromatic nitrogens is 4. The van der Waals surface area contributed by atoms with E-state index >= 15 is 0 Å². The first-order valence-electron chi connectivity index (χ1n) is 7.53. The molecule has 2 aromatic heterocycles. The Balaban J connectivity index is 2.33. The summed E-state index contributed by atoms with van der Waals surface area (Å²) in [7, 11) is 1.96. The number of rotatable bonds is 6. The van der Waals surface area contributed by atoms with Gasteiger partial charge in [0.15, 0.2) is 0 Å². The second kappa shape index (κ2) is 6.41. The van der Waals surface area contributed by atoms with Gasteiger partial charge in [0.2, 0.25) is 0 Å². The summed E-state index contributed by atoms with van der Waals surface area (Å²) in [6.45, 7) is 9.22. The molecule has 0 spiro atoms. The highest BCUT2D eigenvalue weighted by Crippen LogP contribution is 2.24. The molecule has 0 saturated carbocycles.